The molecule has 0 bridgehead atoms. The van der Waals surface area contributed by atoms with Gasteiger partial charge in [-0.25, -0.2) is 4.98 Å². The van der Waals surface area contributed by atoms with Crippen LogP contribution in [0.3, 0.4) is 0 Å². The van der Waals surface area contributed by atoms with Crippen LogP contribution in [0.25, 0.3) is 0 Å². The van der Waals surface area contributed by atoms with Crippen LogP contribution >= 0.6 is 0 Å². The Balaban J connectivity index is 0. The molecule has 2 aliphatic rings. The van der Waals surface area contributed by atoms with E-state index in [0.717, 1.165) is 44.5 Å². The van der Waals surface area contributed by atoms with Crippen LogP contribution in [0.5, 0.6) is 0 Å². The zero-order chi connectivity index (χ0) is 26.6. The van der Waals surface area contributed by atoms with Crippen LogP contribution in [0.1, 0.15) is 101 Å². The fourth-order valence-electron chi connectivity index (χ4n) is 3.29. The lowest BCUT2D eigenvalue weighted by atomic mass is 9.91. The second-order valence-corrected chi connectivity index (χ2v) is 7.64. The average molecular weight is 479 g/mol. The third-order valence-electron chi connectivity index (χ3n) is 5.32. The van der Waals surface area contributed by atoms with Crippen molar-refractivity contribution >= 4 is 5.69 Å². The van der Waals surface area contributed by atoms with Crippen molar-refractivity contribution < 1.29 is 14.2 Å². The van der Waals surface area contributed by atoms with Gasteiger partial charge in [0.15, 0.2) is 0 Å². The van der Waals surface area contributed by atoms with Crippen molar-refractivity contribution in [2.45, 2.75) is 119 Å². The van der Waals surface area contributed by atoms with E-state index in [1.54, 1.807) is 14.2 Å². The molecule has 1 aliphatic heterocycles. The Bertz CT molecular complexity index is 653. The molecule has 3 rings (SSSR count). The normalized spacial score (nSPS) is 19.0. The first-order valence-electron chi connectivity index (χ1n) is 13.5. The number of methoxy groups -OCH3 is 2. The van der Waals surface area contributed by atoms with Crippen LogP contribution < -0.4 is 4.90 Å². The minimum absolute atomic E-state index is 0.373. The van der Waals surface area contributed by atoms with Gasteiger partial charge in [-0.1, -0.05) is 61.3 Å². The molecule has 2 heterocycles. The highest BCUT2D eigenvalue weighted by Gasteiger charge is 2.32. The van der Waals surface area contributed by atoms with Crippen LogP contribution in [0.4, 0.5) is 5.69 Å². The fourth-order valence-corrected chi connectivity index (χ4v) is 3.29. The molecule has 198 valence electrons. The largest absolute Gasteiger partial charge is 0.381 e. The Hall–Kier alpha value is -1.61. The zero-order valence-corrected chi connectivity index (χ0v) is 24.3. The molecule has 0 N–H and O–H groups in total. The van der Waals surface area contributed by atoms with Gasteiger partial charge in [0.1, 0.15) is 11.3 Å². The molecule has 0 unspecified atom stereocenters. The Labute approximate surface area is 212 Å². The summed E-state index contributed by atoms with van der Waals surface area (Å²) in [6.07, 6.45) is 7.21. The molecule has 5 heteroatoms. The molecule has 0 amide bonds. The predicted octanol–water partition coefficient (Wildman–Crippen LogP) is 7.13. The number of nitrogens with zero attached hydrogens (tertiary/aromatic N) is 2. The summed E-state index contributed by atoms with van der Waals surface area (Å²) in [4.78, 5) is 6.76. The number of aromatic nitrogens is 1. The quantitative estimate of drug-likeness (QED) is 0.421. The van der Waals surface area contributed by atoms with Gasteiger partial charge < -0.3 is 19.1 Å². The van der Waals surface area contributed by atoms with Crippen molar-refractivity contribution in [1.29, 1.82) is 0 Å². The Morgan fingerprint density at radius 2 is 1.44 bits per heavy atom. The molecule has 1 aromatic rings. The molecule has 0 spiro atoms. The number of hydrogen-bond donors (Lipinski definition) is 0. The number of anilines is 1. The number of hydrogen-bond acceptors (Lipinski definition) is 5. The van der Waals surface area contributed by atoms with E-state index < -0.39 is 5.60 Å². The highest BCUT2D eigenvalue weighted by Crippen LogP contribution is 2.30. The molecule has 2 fully saturated rings. The molecule has 0 atom stereocenters. The molecule has 1 saturated carbocycles. The number of pyridine rings is 1. The number of piperidine rings is 1. The maximum atomic E-state index is 6.20. The van der Waals surface area contributed by atoms with Gasteiger partial charge in [0.05, 0.1) is 18.3 Å². The van der Waals surface area contributed by atoms with Crippen molar-refractivity contribution in [3.05, 3.63) is 24.0 Å². The van der Waals surface area contributed by atoms with Crippen LogP contribution in [-0.4, -0.2) is 56.2 Å². The summed E-state index contributed by atoms with van der Waals surface area (Å²) in [5.74, 6) is 6.25. The maximum absolute atomic E-state index is 6.20. The van der Waals surface area contributed by atoms with E-state index in [1.165, 1.54) is 5.69 Å². The first-order valence-corrected chi connectivity index (χ1v) is 13.5. The van der Waals surface area contributed by atoms with E-state index in [0.29, 0.717) is 18.3 Å². The van der Waals surface area contributed by atoms with Gasteiger partial charge in [-0.3, -0.25) is 0 Å². The lowest BCUT2D eigenvalue weighted by Gasteiger charge is -2.40. The highest BCUT2D eigenvalue weighted by molar-refractivity contribution is 5.50. The zero-order valence-electron chi connectivity index (χ0n) is 24.3. The van der Waals surface area contributed by atoms with E-state index in [4.69, 9.17) is 14.2 Å². The minimum Gasteiger partial charge on any atom is -0.381 e. The fraction of sp³-hybridized carbons (Fsp3) is 0.759. The number of ether oxygens (including phenoxy) is 3. The highest BCUT2D eigenvalue weighted by atomic mass is 16.5. The third-order valence-corrected chi connectivity index (χ3v) is 5.32. The topological polar surface area (TPSA) is 43.8 Å². The lowest BCUT2D eigenvalue weighted by Crippen LogP contribution is -2.43. The Morgan fingerprint density at radius 1 is 0.882 bits per heavy atom. The van der Waals surface area contributed by atoms with Crippen molar-refractivity contribution in [3.8, 4) is 11.8 Å². The monoisotopic (exact) mass is 478 g/mol. The summed E-state index contributed by atoms with van der Waals surface area (Å²) < 4.78 is 16.9. The van der Waals surface area contributed by atoms with E-state index in [-0.39, 0.29) is 0 Å². The number of rotatable bonds is 5. The summed E-state index contributed by atoms with van der Waals surface area (Å²) >= 11 is 0. The summed E-state index contributed by atoms with van der Waals surface area (Å²) in [7, 11) is 3.45. The molecule has 5 nitrogen and oxygen atoms in total. The van der Waals surface area contributed by atoms with Crippen LogP contribution in [0.2, 0.25) is 0 Å². The van der Waals surface area contributed by atoms with Gasteiger partial charge in [0, 0.05) is 39.2 Å². The maximum Gasteiger partial charge on any atom is 0.123 e. The van der Waals surface area contributed by atoms with Gasteiger partial charge in [0.2, 0.25) is 0 Å². The van der Waals surface area contributed by atoms with Gasteiger partial charge in [-0.15, -0.1) is 0 Å². The van der Waals surface area contributed by atoms with E-state index >= 15 is 0 Å². The summed E-state index contributed by atoms with van der Waals surface area (Å²) in [6, 6.07) is 4.12. The molecule has 1 aromatic heterocycles. The molecular formula is C29H54N2O3. The summed E-state index contributed by atoms with van der Waals surface area (Å²) in [6.45, 7) is 21.9. The van der Waals surface area contributed by atoms with Crippen molar-refractivity contribution in [1.82, 2.24) is 4.98 Å². The Morgan fingerprint density at radius 3 is 1.94 bits per heavy atom. The standard InChI is InChI=1S/C21H30N2O3.4C2H6/c1-21(2,25-4)9-5-16-13-17(6-10-22-16)23-11-7-18(8-12-23)26-20-14-19(15-20)24-3;4*1-2/h6,10,13,18-20H,7-8,11-12,14-15H2,1-4H3;4*1-2H3. The molecule has 0 radical (unpaired) electrons. The van der Waals surface area contributed by atoms with Gasteiger partial charge in [0.25, 0.3) is 0 Å². The molecule has 34 heavy (non-hydrogen) atoms. The Kier molecular flexibility index (Phi) is 21.1. The van der Waals surface area contributed by atoms with Gasteiger partial charge >= 0.3 is 0 Å². The summed E-state index contributed by atoms with van der Waals surface area (Å²) in [5.41, 5.74) is 1.50. The SMILES string of the molecule is CC.CC.CC.CC.COC1CC(OC2CCN(c3ccnc(C#CC(C)(C)OC)c3)CC2)C1. The lowest BCUT2D eigenvalue weighted by molar-refractivity contribution is -0.119. The predicted molar refractivity (Wildman–Crippen MR) is 148 cm³/mol. The van der Waals surface area contributed by atoms with Crippen molar-refractivity contribution in [3.63, 3.8) is 0 Å². The second-order valence-electron chi connectivity index (χ2n) is 7.64. The second kappa shape index (κ2) is 20.7. The average Bonchev–Trinajstić information content (AvgIpc) is 2.90. The van der Waals surface area contributed by atoms with Crippen LogP contribution in [0, 0.1) is 11.8 Å². The minimum atomic E-state index is -0.462. The van der Waals surface area contributed by atoms with Gasteiger partial charge in [-0.05, 0) is 57.6 Å². The van der Waals surface area contributed by atoms with Crippen molar-refractivity contribution in [2.24, 2.45) is 0 Å². The molecule has 1 aliphatic carbocycles. The van der Waals surface area contributed by atoms with E-state index in [1.807, 2.05) is 75.4 Å². The summed E-state index contributed by atoms with van der Waals surface area (Å²) in [5, 5.41) is 0. The molecular weight excluding hydrogens is 424 g/mol. The van der Waals surface area contributed by atoms with Gasteiger partial charge in [-0.2, -0.15) is 0 Å². The first-order chi connectivity index (χ1) is 16.5. The molecule has 1 saturated heterocycles. The van der Waals surface area contributed by atoms with E-state index in [2.05, 4.69) is 33.9 Å². The van der Waals surface area contributed by atoms with Crippen molar-refractivity contribution in [2.75, 3.05) is 32.2 Å². The first kappa shape index (κ1) is 34.6. The van der Waals surface area contributed by atoms with Crippen LogP contribution in [-0.2, 0) is 14.2 Å². The molecule has 0 aromatic carbocycles. The van der Waals surface area contributed by atoms with Crippen LogP contribution in [0.15, 0.2) is 18.3 Å². The third kappa shape index (κ3) is 12.7. The van der Waals surface area contributed by atoms with E-state index in [9.17, 15) is 0 Å². The smallest absolute Gasteiger partial charge is 0.123 e.